The van der Waals surface area contributed by atoms with Crippen LogP contribution in [0.4, 0.5) is 25.8 Å². The van der Waals surface area contributed by atoms with E-state index in [-0.39, 0.29) is 27.0 Å². The summed E-state index contributed by atoms with van der Waals surface area (Å²) in [5, 5.41) is 15.9. The van der Waals surface area contributed by atoms with Gasteiger partial charge in [-0.05, 0) is 48.0 Å². The Hall–Kier alpha value is -2.98. The van der Waals surface area contributed by atoms with Crippen molar-refractivity contribution in [2.24, 2.45) is 5.92 Å². The van der Waals surface area contributed by atoms with E-state index in [0.29, 0.717) is 5.56 Å². The van der Waals surface area contributed by atoms with Crippen molar-refractivity contribution in [2.45, 2.75) is 10.3 Å². The summed E-state index contributed by atoms with van der Waals surface area (Å²) in [4.78, 5) is 35.9. The second-order valence-corrected chi connectivity index (χ2v) is 10.1. The van der Waals surface area contributed by atoms with E-state index in [4.69, 9.17) is 46.4 Å². The third-order valence-corrected chi connectivity index (χ3v) is 7.09. The molecule has 2 atom stereocenters. The zero-order valence-corrected chi connectivity index (χ0v) is 20.7. The molecule has 1 aliphatic rings. The zero-order chi connectivity index (χ0) is 26.4. The molecule has 0 heterocycles. The number of amides is 2. The smallest absolute Gasteiger partial charge is 0.326 e. The van der Waals surface area contributed by atoms with E-state index >= 15 is 0 Å². The molecule has 36 heavy (non-hydrogen) atoms. The average molecular weight is 575 g/mol. The minimum absolute atomic E-state index is 0.0289. The van der Waals surface area contributed by atoms with Crippen molar-refractivity contribution < 1.29 is 23.3 Å². The molecule has 1 saturated carbocycles. The molecule has 2 amide bonds. The number of nitrogens with zero attached hydrogens (tertiary/aromatic N) is 1. The van der Waals surface area contributed by atoms with Gasteiger partial charge >= 0.3 is 5.69 Å². The maximum absolute atomic E-state index is 13.9. The van der Waals surface area contributed by atoms with Crippen molar-refractivity contribution in [1.82, 2.24) is 0 Å². The Balaban J connectivity index is 1.53. The third-order valence-electron chi connectivity index (χ3n) is 5.53. The molecule has 3 aromatic carbocycles. The van der Waals surface area contributed by atoms with E-state index < -0.39 is 50.2 Å². The van der Waals surface area contributed by atoms with Crippen molar-refractivity contribution in [3.05, 3.63) is 97.5 Å². The molecule has 0 unspecified atom stereocenters. The van der Waals surface area contributed by atoms with Crippen LogP contribution in [0.25, 0.3) is 0 Å². The maximum atomic E-state index is 13.9. The number of nitro groups is 1. The second-order valence-electron chi connectivity index (χ2n) is 7.83. The van der Waals surface area contributed by atoms with Gasteiger partial charge in [-0.3, -0.25) is 19.7 Å². The third kappa shape index (κ3) is 4.97. The molecule has 2 N–H and O–H groups in total. The van der Waals surface area contributed by atoms with Gasteiger partial charge in [0.05, 0.1) is 26.4 Å². The quantitative estimate of drug-likeness (QED) is 0.189. The maximum Gasteiger partial charge on any atom is 0.328 e. The predicted octanol–water partition coefficient (Wildman–Crippen LogP) is 6.96. The number of anilines is 2. The van der Waals surface area contributed by atoms with Crippen LogP contribution in [0.1, 0.15) is 21.8 Å². The molecule has 13 heteroatoms. The van der Waals surface area contributed by atoms with Crippen molar-refractivity contribution in [3.8, 4) is 0 Å². The molecule has 0 aromatic heterocycles. The van der Waals surface area contributed by atoms with Crippen molar-refractivity contribution in [3.63, 3.8) is 0 Å². The Labute approximate surface area is 222 Å². The summed E-state index contributed by atoms with van der Waals surface area (Å²) < 4.78 is 25.9. The lowest BCUT2D eigenvalue weighted by Gasteiger charge is -2.11. The first kappa shape index (κ1) is 26.1. The van der Waals surface area contributed by atoms with Gasteiger partial charge in [0, 0.05) is 11.6 Å². The summed E-state index contributed by atoms with van der Waals surface area (Å²) >= 11 is 24.5. The van der Waals surface area contributed by atoms with E-state index in [1.54, 1.807) is 0 Å². The summed E-state index contributed by atoms with van der Waals surface area (Å²) in [6.07, 6.45) is 0. The molecular weight excluding hydrogens is 562 g/mol. The standard InChI is InChI=1S/C23H13Cl4F2N3O4/c24-13-6-5-11(9-12(13)21(33)31-17-3-1-2-16(29)20(17)32(35)36)30-22(34)19-18(23(19,26)27)10-4-7-15(28)14(25)8-10/h1-9,18-19H,(H,30,34)(H,31,33)/t18-,19+/m0/s1. The normalized spacial score (nSPS) is 17.8. The van der Waals surface area contributed by atoms with Gasteiger partial charge in [0.2, 0.25) is 11.7 Å². The fraction of sp³-hybridized carbons (Fsp3) is 0.130. The van der Waals surface area contributed by atoms with Gasteiger partial charge < -0.3 is 10.6 Å². The van der Waals surface area contributed by atoms with E-state index in [9.17, 15) is 28.5 Å². The molecule has 0 radical (unpaired) electrons. The number of alkyl halides is 2. The van der Waals surface area contributed by atoms with Crippen molar-refractivity contribution in [1.29, 1.82) is 0 Å². The number of rotatable bonds is 6. The van der Waals surface area contributed by atoms with E-state index in [0.717, 1.165) is 18.2 Å². The fourth-order valence-electron chi connectivity index (χ4n) is 3.76. The summed E-state index contributed by atoms with van der Waals surface area (Å²) in [5.41, 5.74) is -0.806. The number of hydrogen-bond acceptors (Lipinski definition) is 4. The summed E-state index contributed by atoms with van der Waals surface area (Å²) in [7, 11) is 0. The molecule has 186 valence electrons. The summed E-state index contributed by atoms with van der Waals surface area (Å²) in [6, 6.07) is 11.1. The Kier molecular flexibility index (Phi) is 7.12. The first-order valence-electron chi connectivity index (χ1n) is 10.1. The van der Waals surface area contributed by atoms with Crippen LogP contribution in [-0.4, -0.2) is 21.1 Å². The van der Waals surface area contributed by atoms with Crippen LogP contribution in [0.15, 0.2) is 54.6 Å². The monoisotopic (exact) mass is 573 g/mol. The molecule has 0 bridgehead atoms. The predicted molar refractivity (Wildman–Crippen MR) is 133 cm³/mol. The Bertz CT molecular complexity index is 1420. The molecule has 0 spiro atoms. The molecular formula is C23H13Cl4F2N3O4. The minimum Gasteiger partial charge on any atom is -0.326 e. The van der Waals surface area contributed by atoms with Crippen LogP contribution in [0, 0.1) is 27.7 Å². The zero-order valence-electron chi connectivity index (χ0n) is 17.7. The van der Waals surface area contributed by atoms with Crippen LogP contribution in [0.5, 0.6) is 0 Å². The first-order valence-corrected chi connectivity index (χ1v) is 11.6. The van der Waals surface area contributed by atoms with Crippen LogP contribution < -0.4 is 10.6 Å². The Morgan fingerprint density at radius 2 is 1.67 bits per heavy atom. The number of benzene rings is 3. The number of para-hydroxylation sites is 1. The van der Waals surface area contributed by atoms with Gasteiger partial charge in [0.15, 0.2) is 0 Å². The SMILES string of the molecule is O=C(Nc1cccc(F)c1[N+](=O)[O-])c1cc(NC(=O)[C@H]2[C@H](c3ccc(F)c(Cl)c3)C2(Cl)Cl)ccc1Cl. The lowest BCUT2D eigenvalue weighted by atomic mass is 10.1. The first-order chi connectivity index (χ1) is 16.9. The van der Waals surface area contributed by atoms with Gasteiger partial charge in [-0.1, -0.05) is 35.3 Å². The summed E-state index contributed by atoms with van der Waals surface area (Å²) in [5.74, 6) is -4.80. The number of hydrogen-bond donors (Lipinski definition) is 2. The lowest BCUT2D eigenvalue weighted by molar-refractivity contribution is -0.386. The van der Waals surface area contributed by atoms with E-state index in [1.807, 2.05) is 0 Å². The van der Waals surface area contributed by atoms with Crippen molar-refractivity contribution >= 4 is 75.3 Å². The molecule has 3 aromatic rings. The highest BCUT2D eigenvalue weighted by molar-refractivity contribution is 6.53. The van der Waals surface area contributed by atoms with Crippen molar-refractivity contribution in [2.75, 3.05) is 10.6 Å². The number of carbonyl (C=O) groups excluding carboxylic acids is 2. The van der Waals surface area contributed by atoms with Gasteiger partial charge in [-0.2, -0.15) is 4.39 Å². The fourth-order valence-corrected chi connectivity index (χ4v) is 4.98. The highest BCUT2D eigenvalue weighted by atomic mass is 35.5. The lowest BCUT2D eigenvalue weighted by Crippen LogP contribution is -2.18. The van der Waals surface area contributed by atoms with E-state index in [1.165, 1.54) is 36.4 Å². The Morgan fingerprint density at radius 3 is 2.33 bits per heavy atom. The number of nitro benzene ring substituents is 1. The van der Waals surface area contributed by atoms with Gasteiger partial charge in [-0.25, -0.2) is 4.39 Å². The molecule has 4 rings (SSSR count). The number of nitrogens with one attached hydrogen (secondary N) is 2. The van der Waals surface area contributed by atoms with E-state index in [2.05, 4.69) is 10.6 Å². The van der Waals surface area contributed by atoms with Crippen LogP contribution in [-0.2, 0) is 4.79 Å². The average Bonchev–Trinajstić information content (AvgIpc) is 3.38. The topological polar surface area (TPSA) is 101 Å². The number of halogens is 6. The number of carbonyl (C=O) groups is 2. The largest absolute Gasteiger partial charge is 0.328 e. The van der Waals surface area contributed by atoms with Crippen LogP contribution in [0.2, 0.25) is 10.0 Å². The summed E-state index contributed by atoms with van der Waals surface area (Å²) in [6.45, 7) is 0. The molecule has 1 fully saturated rings. The molecule has 7 nitrogen and oxygen atoms in total. The highest BCUT2D eigenvalue weighted by Gasteiger charge is 2.67. The van der Waals surface area contributed by atoms with Gasteiger partial charge in [0.1, 0.15) is 15.8 Å². The van der Waals surface area contributed by atoms with Crippen LogP contribution >= 0.6 is 46.4 Å². The molecule has 1 aliphatic carbocycles. The van der Waals surface area contributed by atoms with Gasteiger partial charge in [0.25, 0.3) is 5.91 Å². The second kappa shape index (κ2) is 9.82. The van der Waals surface area contributed by atoms with Gasteiger partial charge in [-0.15, -0.1) is 23.2 Å². The molecule has 0 aliphatic heterocycles. The Morgan fingerprint density at radius 1 is 0.944 bits per heavy atom. The molecule has 0 saturated heterocycles. The van der Waals surface area contributed by atoms with Crippen LogP contribution in [0.3, 0.4) is 0 Å². The highest BCUT2D eigenvalue weighted by Crippen LogP contribution is 2.65. The minimum atomic E-state index is -1.48.